The van der Waals surface area contributed by atoms with Gasteiger partial charge in [-0.15, -0.1) is 0 Å². The van der Waals surface area contributed by atoms with Gasteiger partial charge in [-0.3, -0.25) is 4.79 Å². The third kappa shape index (κ3) is 3.52. The highest BCUT2D eigenvalue weighted by Crippen LogP contribution is 2.37. The van der Waals surface area contributed by atoms with Crippen molar-refractivity contribution < 1.29 is 24.2 Å². The number of carbonyl (C=O) groups excluding carboxylic acids is 1. The van der Waals surface area contributed by atoms with Crippen LogP contribution in [-0.2, 0) is 4.79 Å². The van der Waals surface area contributed by atoms with Crippen LogP contribution in [0.1, 0.15) is 13.3 Å². The summed E-state index contributed by atoms with van der Waals surface area (Å²) in [4.78, 5) is 25.1. The van der Waals surface area contributed by atoms with E-state index in [1.54, 1.807) is 19.1 Å². The van der Waals surface area contributed by atoms with Gasteiger partial charge in [-0.2, -0.15) is 0 Å². The first-order chi connectivity index (χ1) is 10.8. The predicted octanol–water partition coefficient (Wildman–Crippen LogP) is 2.79. The van der Waals surface area contributed by atoms with Crippen LogP contribution in [0.5, 0.6) is 11.5 Å². The summed E-state index contributed by atoms with van der Waals surface area (Å²) in [6.45, 7) is 2.22. The number of methoxy groups -OCH3 is 2. The first-order valence-corrected chi connectivity index (χ1v) is 7.81. The molecule has 1 heterocycles. The van der Waals surface area contributed by atoms with Gasteiger partial charge >= 0.3 is 12.0 Å². The molecule has 0 saturated carbocycles. The maximum Gasteiger partial charge on any atom is 0.321 e. The molecule has 0 spiro atoms. The average molecular weight is 387 g/mol. The Morgan fingerprint density at radius 2 is 1.96 bits per heavy atom. The molecule has 0 radical (unpaired) electrons. The summed E-state index contributed by atoms with van der Waals surface area (Å²) in [5.41, 5.74) is -0.420. The monoisotopic (exact) mass is 386 g/mol. The van der Waals surface area contributed by atoms with E-state index in [4.69, 9.17) is 9.47 Å². The average Bonchev–Trinajstić information content (AvgIpc) is 2.92. The van der Waals surface area contributed by atoms with Crippen molar-refractivity contribution in [3.05, 3.63) is 16.6 Å². The van der Waals surface area contributed by atoms with Crippen LogP contribution in [0.25, 0.3) is 0 Å². The molecule has 2 amide bonds. The number of likely N-dealkylation sites (tertiary alicyclic amines) is 1. The fraction of sp³-hybridized carbons (Fsp3) is 0.467. The number of carbonyl (C=O) groups is 2. The van der Waals surface area contributed by atoms with E-state index in [0.29, 0.717) is 34.6 Å². The Bertz CT molecular complexity index is 637. The summed E-state index contributed by atoms with van der Waals surface area (Å²) < 4.78 is 11.1. The van der Waals surface area contributed by atoms with E-state index >= 15 is 0 Å². The smallest absolute Gasteiger partial charge is 0.321 e. The highest BCUT2D eigenvalue weighted by Gasteiger charge is 2.42. The van der Waals surface area contributed by atoms with Gasteiger partial charge in [-0.1, -0.05) is 0 Å². The van der Waals surface area contributed by atoms with Crippen molar-refractivity contribution in [3.8, 4) is 11.5 Å². The number of rotatable bonds is 4. The van der Waals surface area contributed by atoms with Crippen molar-refractivity contribution in [2.75, 3.05) is 32.6 Å². The number of benzene rings is 1. The van der Waals surface area contributed by atoms with E-state index in [0.717, 1.165) is 0 Å². The third-order valence-electron chi connectivity index (χ3n) is 3.99. The normalized spacial score (nSPS) is 20.3. The molecule has 1 aliphatic heterocycles. The van der Waals surface area contributed by atoms with Crippen molar-refractivity contribution in [3.63, 3.8) is 0 Å². The number of ether oxygens (including phenoxy) is 2. The van der Waals surface area contributed by atoms with Crippen LogP contribution in [-0.4, -0.2) is 49.3 Å². The molecule has 1 fully saturated rings. The topological polar surface area (TPSA) is 88.1 Å². The number of carboxylic acids is 1. The second kappa shape index (κ2) is 6.66. The fourth-order valence-electron chi connectivity index (χ4n) is 2.46. The highest BCUT2D eigenvalue weighted by molar-refractivity contribution is 9.10. The number of hydrogen-bond acceptors (Lipinski definition) is 4. The maximum atomic E-state index is 12.4. The molecule has 1 unspecified atom stereocenters. The number of hydrogen-bond donors (Lipinski definition) is 2. The molecule has 1 aromatic carbocycles. The number of urea groups is 1. The van der Waals surface area contributed by atoms with Crippen molar-refractivity contribution in [1.82, 2.24) is 4.90 Å². The van der Waals surface area contributed by atoms with Crippen LogP contribution in [0.4, 0.5) is 10.5 Å². The first-order valence-electron chi connectivity index (χ1n) is 7.01. The van der Waals surface area contributed by atoms with Crippen molar-refractivity contribution in [2.45, 2.75) is 13.3 Å². The molecule has 0 aliphatic carbocycles. The number of aliphatic carboxylic acids is 1. The van der Waals surface area contributed by atoms with E-state index in [1.165, 1.54) is 19.1 Å². The molecule has 1 aliphatic rings. The Balaban J connectivity index is 2.15. The van der Waals surface area contributed by atoms with Crippen LogP contribution in [0.2, 0.25) is 0 Å². The standard InChI is InChI=1S/C15H19BrN2O5/c1-15(13(19)20)4-5-18(8-15)14(21)17-10-6-9(16)11(22-2)7-12(10)23-3/h6-7H,4-5,8H2,1-3H3,(H,17,21)(H,19,20). The van der Waals surface area contributed by atoms with Gasteiger partial charge in [0.05, 0.1) is 29.8 Å². The van der Waals surface area contributed by atoms with Crippen LogP contribution in [0, 0.1) is 5.41 Å². The molecule has 1 aromatic rings. The van der Waals surface area contributed by atoms with E-state index in [1.807, 2.05) is 0 Å². The number of anilines is 1. The Labute approximate surface area is 142 Å². The zero-order valence-electron chi connectivity index (χ0n) is 13.2. The number of nitrogens with one attached hydrogen (secondary N) is 1. The fourth-order valence-corrected chi connectivity index (χ4v) is 2.97. The molecule has 7 nitrogen and oxygen atoms in total. The second-order valence-corrected chi connectivity index (χ2v) is 6.51. The minimum absolute atomic E-state index is 0.174. The molecule has 2 rings (SSSR count). The lowest BCUT2D eigenvalue weighted by atomic mass is 9.90. The highest BCUT2D eigenvalue weighted by atomic mass is 79.9. The van der Waals surface area contributed by atoms with Gasteiger partial charge in [0.15, 0.2) is 0 Å². The van der Waals surface area contributed by atoms with Gasteiger partial charge in [0, 0.05) is 19.2 Å². The van der Waals surface area contributed by atoms with Crippen molar-refractivity contribution in [1.29, 1.82) is 0 Å². The zero-order chi connectivity index (χ0) is 17.2. The molecule has 0 bridgehead atoms. The van der Waals surface area contributed by atoms with Gasteiger partial charge in [0.25, 0.3) is 0 Å². The minimum atomic E-state index is -0.901. The van der Waals surface area contributed by atoms with Crippen LogP contribution in [0.15, 0.2) is 16.6 Å². The molecule has 1 atom stereocenters. The molecule has 0 aromatic heterocycles. The number of amides is 2. The summed E-state index contributed by atoms with van der Waals surface area (Å²) in [5.74, 6) is 0.149. The zero-order valence-corrected chi connectivity index (χ0v) is 14.8. The summed E-state index contributed by atoms with van der Waals surface area (Å²) in [6, 6.07) is 2.98. The number of carboxylic acid groups (broad SMARTS) is 1. The van der Waals surface area contributed by atoms with Crippen molar-refractivity contribution >= 4 is 33.6 Å². The van der Waals surface area contributed by atoms with Gasteiger partial charge in [0.1, 0.15) is 11.5 Å². The van der Waals surface area contributed by atoms with E-state index in [9.17, 15) is 14.7 Å². The number of nitrogens with zero attached hydrogens (tertiary/aromatic N) is 1. The van der Waals surface area contributed by atoms with Gasteiger partial charge in [0.2, 0.25) is 0 Å². The molecular formula is C15H19BrN2O5. The van der Waals surface area contributed by atoms with Gasteiger partial charge < -0.3 is 24.8 Å². The lowest BCUT2D eigenvalue weighted by Crippen LogP contribution is -2.37. The Hall–Kier alpha value is -1.96. The molecule has 1 saturated heterocycles. The molecule has 126 valence electrons. The summed E-state index contributed by atoms with van der Waals surface area (Å²) >= 11 is 3.36. The van der Waals surface area contributed by atoms with E-state index in [-0.39, 0.29) is 12.6 Å². The molecule has 8 heteroatoms. The first kappa shape index (κ1) is 17.4. The van der Waals surface area contributed by atoms with E-state index in [2.05, 4.69) is 21.2 Å². The third-order valence-corrected chi connectivity index (χ3v) is 4.61. The Morgan fingerprint density at radius 1 is 1.30 bits per heavy atom. The maximum absolute atomic E-state index is 12.4. The summed E-state index contributed by atoms with van der Waals surface area (Å²) in [5, 5.41) is 12.0. The van der Waals surface area contributed by atoms with Gasteiger partial charge in [-0.05, 0) is 35.3 Å². The molecular weight excluding hydrogens is 368 g/mol. The Kier molecular flexibility index (Phi) is 5.03. The second-order valence-electron chi connectivity index (χ2n) is 5.65. The Morgan fingerprint density at radius 3 is 2.48 bits per heavy atom. The largest absolute Gasteiger partial charge is 0.495 e. The van der Waals surface area contributed by atoms with Crippen LogP contribution in [0.3, 0.4) is 0 Å². The SMILES string of the molecule is COc1cc(OC)c(NC(=O)N2CCC(C)(C(=O)O)C2)cc1Br. The number of halogens is 1. The molecule has 2 N–H and O–H groups in total. The minimum Gasteiger partial charge on any atom is -0.495 e. The quantitative estimate of drug-likeness (QED) is 0.830. The van der Waals surface area contributed by atoms with E-state index < -0.39 is 11.4 Å². The lowest BCUT2D eigenvalue weighted by Gasteiger charge is -2.21. The summed E-state index contributed by atoms with van der Waals surface area (Å²) in [6.07, 6.45) is 0.430. The predicted molar refractivity (Wildman–Crippen MR) is 88.2 cm³/mol. The van der Waals surface area contributed by atoms with Crippen LogP contribution >= 0.6 is 15.9 Å². The molecule has 23 heavy (non-hydrogen) atoms. The summed E-state index contributed by atoms with van der Waals surface area (Å²) in [7, 11) is 3.03. The lowest BCUT2D eigenvalue weighted by molar-refractivity contribution is -0.146. The van der Waals surface area contributed by atoms with Crippen molar-refractivity contribution in [2.24, 2.45) is 5.41 Å². The van der Waals surface area contributed by atoms with Crippen LogP contribution < -0.4 is 14.8 Å². The van der Waals surface area contributed by atoms with Gasteiger partial charge in [-0.25, -0.2) is 4.79 Å².